The first-order chi connectivity index (χ1) is 15.6. The van der Waals surface area contributed by atoms with Crippen molar-refractivity contribution in [3.8, 4) is 0 Å². The Balaban J connectivity index is 1.37. The van der Waals surface area contributed by atoms with Crippen LogP contribution < -0.4 is 4.31 Å². The first-order valence-electron chi connectivity index (χ1n) is 11.2. The standard InChI is InChI=1S/C28H25NO2S/c1-19-12-14-22(15-13-19)32(30,31)29(21-10-6-3-7-11-21)18-25-27-23-16-17-24(28(25)27)26(23)20-8-4-2-5-9-20/h2-18,23-24,26-28H,1H3. The van der Waals surface area contributed by atoms with E-state index in [1.165, 1.54) is 15.4 Å². The van der Waals surface area contributed by atoms with E-state index in [0.29, 0.717) is 40.2 Å². The highest BCUT2D eigenvalue weighted by atomic mass is 32.2. The second-order valence-corrected chi connectivity index (χ2v) is 10.9. The molecule has 0 amide bonds. The summed E-state index contributed by atoms with van der Waals surface area (Å²) in [7, 11) is -3.70. The van der Waals surface area contributed by atoms with Crippen molar-refractivity contribution < 1.29 is 8.42 Å². The van der Waals surface area contributed by atoms with E-state index >= 15 is 0 Å². The molecule has 32 heavy (non-hydrogen) atoms. The van der Waals surface area contributed by atoms with Gasteiger partial charge in [-0.25, -0.2) is 12.7 Å². The van der Waals surface area contributed by atoms with Crippen molar-refractivity contribution in [3.63, 3.8) is 0 Å². The number of fused-ring (bicyclic) bond motifs is 5. The average Bonchev–Trinajstić information content (AvgIpc) is 3.25. The summed E-state index contributed by atoms with van der Waals surface area (Å²) >= 11 is 0. The van der Waals surface area contributed by atoms with Gasteiger partial charge >= 0.3 is 0 Å². The lowest BCUT2D eigenvalue weighted by Crippen LogP contribution is -2.26. The summed E-state index contributed by atoms with van der Waals surface area (Å²) in [6.07, 6.45) is 6.62. The maximum Gasteiger partial charge on any atom is 0.268 e. The molecule has 3 aromatic rings. The summed E-state index contributed by atoms with van der Waals surface area (Å²) < 4.78 is 28.8. The Bertz CT molecular complexity index is 1290. The van der Waals surface area contributed by atoms with E-state index in [1.807, 2.05) is 55.6 Å². The van der Waals surface area contributed by atoms with Crippen LogP contribution in [-0.2, 0) is 10.0 Å². The fraction of sp³-hybridized carbons (Fsp3) is 0.214. The van der Waals surface area contributed by atoms with Crippen LogP contribution in [0.2, 0.25) is 0 Å². The zero-order valence-electron chi connectivity index (χ0n) is 17.9. The van der Waals surface area contributed by atoms with Crippen molar-refractivity contribution in [1.29, 1.82) is 0 Å². The van der Waals surface area contributed by atoms with Crippen LogP contribution in [0.3, 0.4) is 0 Å². The lowest BCUT2D eigenvalue weighted by Gasteiger charge is -2.23. The number of para-hydroxylation sites is 1. The van der Waals surface area contributed by atoms with Gasteiger partial charge in [0.25, 0.3) is 10.0 Å². The molecule has 4 atom stereocenters. The molecule has 3 aliphatic carbocycles. The second kappa shape index (κ2) is 7.21. The second-order valence-electron chi connectivity index (χ2n) is 9.11. The lowest BCUT2D eigenvalue weighted by atomic mass is 9.84. The van der Waals surface area contributed by atoms with Crippen LogP contribution in [0.15, 0.2) is 114 Å². The van der Waals surface area contributed by atoms with Crippen molar-refractivity contribution in [2.24, 2.45) is 23.7 Å². The van der Waals surface area contributed by atoms with Gasteiger partial charge in [0.05, 0.1) is 10.6 Å². The summed E-state index contributed by atoms with van der Waals surface area (Å²) in [5, 5.41) is 0. The maximum atomic E-state index is 13.7. The Morgan fingerprint density at radius 1 is 0.719 bits per heavy atom. The van der Waals surface area contributed by atoms with Gasteiger partial charge < -0.3 is 0 Å². The molecule has 0 N–H and O–H groups in total. The molecular formula is C28H25NO2S. The molecule has 0 saturated heterocycles. The molecule has 2 saturated carbocycles. The number of hydrogen-bond donors (Lipinski definition) is 0. The van der Waals surface area contributed by atoms with E-state index in [0.717, 1.165) is 5.56 Å². The zero-order valence-corrected chi connectivity index (χ0v) is 18.7. The van der Waals surface area contributed by atoms with Crippen LogP contribution in [0.25, 0.3) is 0 Å². The normalized spacial score (nSPS) is 27.3. The topological polar surface area (TPSA) is 37.4 Å². The first-order valence-corrected chi connectivity index (χ1v) is 12.6. The van der Waals surface area contributed by atoms with Gasteiger partial charge in [0.1, 0.15) is 0 Å². The number of nitrogens with zero attached hydrogens (tertiary/aromatic N) is 1. The Hall–Kier alpha value is -3.11. The Morgan fingerprint density at radius 2 is 1.28 bits per heavy atom. The number of benzene rings is 3. The molecule has 2 bridgehead atoms. The molecule has 3 aromatic carbocycles. The Morgan fingerprint density at radius 3 is 1.88 bits per heavy atom. The molecule has 3 nitrogen and oxygen atoms in total. The molecule has 0 aliphatic heterocycles. The number of anilines is 1. The fourth-order valence-corrected chi connectivity index (χ4v) is 7.16. The van der Waals surface area contributed by atoms with Gasteiger partial charge in [-0.2, -0.15) is 0 Å². The predicted octanol–water partition coefficient (Wildman–Crippen LogP) is 5.92. The Labute approximate surface area is 189 Å². The summed E-state index contributed by atoms with van der Waals surface area (Å²) in [6.45, 7) is 1.96. The number of aryl methyl sites for hydroxylation is 1. The molecule has 0 spiro atoms. The summed E-state index contributed by atoms with van der Waals surface area (Å²) in [4.78, 5) is 0.317. The van der Waals surface area contributed by atoms with E-state index in [2.05, 4.69) is 42.5 Å². The van der Waals surface area contributed by atoms with Crippen LogP contribution in [0.5, 0.6) is 0 Å². The highest BCUT2D eigenvalue weighted by molar-refractivity contribution is 7.93. The molecule has 0 aromatic heterocycles. The lowest BCUT2D eigenvalue weighted by molar-refractivity contribution is 0.512. The smallest absolute Gasteiger partial charge is 0.242 e. The third-order valence-electron chi connectivity index (χ3n) is 7.30. The van der Waals surface area contributed by atoms with Gasteiger partial charge in [0.15, 0.2) is 0 Å². The van der Waals surface area contributed by atoms with Crippen LogP contribution >= 0.6 is 0 Å². The molecule has 4 unspecified atom stereocenters. The molecule has 0 radical (unpaired) electrons. The van der Waals surface area contributed by atoms with Gasteiger partial charge in [-0.1, -0.05) is 78.4 Å². The molecule has 6 rings (SSSR count). The van der Waals surface area contributed by atoms with Crippen molar-refractivity contribution in [2.75, 3.05) is 4.31 Å². The molecule has 0 heterocycles. The van der Waals surface area contributed by atoms with Gasteiger partial charge in [0.2, 0.25) is 0 Å². The van der Waals surface area contributed by atoms with Crippen LogP contribution in [-0.4, -0.2) is 8.42 Å². The zero-order chi connectivity index (χ0) is 21.9. The molecule has 4 heteroatoms. The number of allylic oxidation sites excluding steroid dienone is 3. The van der Waals surface area contributed by atoms with Gasteiger partial charge in [-0.3, -0.25) is 0 Å². The SMILES string of the molecule is Cc1ccc(S(=O)(=O)N(C=C2C3C4C=CC(C23)C4c2ccccc2)c2ccccc2)cc1. The van der Waals surface area contributed by atoms with Crippen molar-refractivity contribution >= 4 is 15.7 Å². The monoisotopic (exact) mass is 439 g/mol. The van der Waals surface area contributed by atoms with Crippen molar-refractivity contribution in [3.05, 3.63) is 120 Å². The summed E-state index contributed by atoms with van der Waals surface area (Å²) in [5.74, 6) is 2.31. The van der Waals surface area contributed by atoms with E-state index in [1.54, 1.807) is 12.1 Å². The Kier molecular flexibility index (Phi) is 4.41. The van der Waals surface area contributed by atoms with Crippen LogP contribution in [0.4, 0.5) is 5.69 Å². The highest BCUT2D eigenvalue weighted by Gasteiger charge is 2.64. The summed E-state index contributed by atoms with van der Waals surface area (Å²) in [6, 6.07) is 27.2. The largest absolute Gasteiger partial charge is 0.268 e. The minimum atomic E-state index is -3.70. The maximum absolute atomic E-state index is 13.7. The summed E-state index contributed by atoms with van der Waals surface area (Å²) in [5.41, 5.74) is 4.37. The third-order valence-corrected chi connectivity index (χ3v) is 9.00. The minimum absolute atomic E-state index is 0.317. The minimum Gasteiger partial charge on any atom is -0.242 e. The molecule has 160 valence electrons. The highest BCUT2D eigenvalue weighted by Crippen LogP contribution is 2.71. The number of sulfonamides is 1. The van der Waals surface area contributed by atoms with Crippen molar-refractivity contribution in [1.82, 2.24) is 0 Å². The van der Waals surface area contributed by atoms with E-state index < -0.39 is 10.0 Å². The van der Waals surface area contributed by atoms with E-state index in [9.17, 15) is 8.42 Å². The van der Waals surface area contributed by atoms with Crippen LogP contribution in [0, 0.1) is 30.6 Å². The van der Waals surface area contributed by atoms with Gasteiger partial charge in [0, 0.05) is 6.20 Å². The number of hydrogen-bond acceptors (Lipinski definition) is 2. The molecule has 3 aliphatic rings. The molecule has 2 fully saturated rings. The number of rotatable bonds is 5. The van der Waals surface area contributed by atoms with Gasteiger partial charge in [-0.05, 0) is 71.9 Å². The third kappa shape index (κ3) is 2.97. The van der Waals surface area contributed by atoms with Crippen LogP contribution in [0.1, 0.15) is 17.0 Å². The fourth-order valence-electron chi connectivity index (χ4n) is 5.80. The average molecular weight is 440 g/mol. The van der Waals surface area contributed by atoms with E-state index in [-0.39, 0.29) is 0 Å². The molecular weight excluding hydrogens is 414 g/mol. The first kappa shape index (κ1) is 19.6. The van der Waals surface area contributed by atoms with Gasteiger partial charge in [-0.15, -0.1) is 0 Å². The van der Waals surface area contributed by atoms with E-state index in [4.69, 9.17) is 0 Å². The van der Waals surface area contributed by atoms with Crippen molar-refractivity contribution in [2.45, 2.75) is 17.7 Å². The predicted molar refractivity (Wildman–Crippen MR) is 128 cm³/mol. The quantitative estimate of drug-likeness (QED) is 0.463.